The number of halogens is 1. The number of thioether (sulfide) groups is 1. The van der Waals surface area contributed by atoms with E-state index in [1.165, 1.54) is 11.8 Å². The molecule has 0 N–H and O–H groups in total. The second kappa shape index (κ2) is 4.70. The predicted molar refractivity (Wildman–Crippen MR) is 47.7 cm³/mol. The Bertz CT molecular complexity index is 130. The second-order valence-corrected chi connectivity index (χ2v) is 4.11. The van der Waals surface area contributed by atoms with E-state index in [4.69, 9.17) is 0 Å². The van der Waals surface area contributed by atoms with Crippen molar-refractivity contribution >= 4 is 11.8 Å². The summed E-state index contributed by atoms with van der Waals surface area (Å²) in [5, 5.41) is 2.91. The van der Waals surface area contributed by atoms with Crippen molar-refractivity contribution in [2.45, 2.75) is 19.9 Å². The molecule has 66 valence electrons. The first-order valence-corrected chi connectivity index (χ1v) is 4.85. The Kier molecular flexibility index (Phi) is 4.65. The molecule has 0 aliphatic heterocycles. The molecule has 4 heteroatoms. The third-order valence-electron chi connectivity index (χ3n) is 1.70. The van der Waals surface area contributed by atoms with Gasteiger partial charge in [0.25, 0.3) is 0 Å². The average Bonchev–Trinajstić information content (AvgIpc) is 2.00. The number of rotatable bonds is 5. The summed E-state index contributed by atoms with van der Waals surface area (Å²) >= 11 is 1.52. The van der Waals surface area contributed by atoms with E-state index in [0.29, 0.717) is 5.75 Å². The third-order valence-corrected chi connectivity index (χ3v) is 2.35. The van der Waals surface area contributed by atoms with Gasteiger partial charge in [-0.1, -0.05) is 19.0 Å². The van der Waals surface area contributed by atoms with Crippen LogP contribution in [0.15, 0.2) is 5.18 Å². The zero-order valence-electron chi connectivity index (χ0n) is 7.13. The lowest BCUT2D eigenvalue weighted by Gasteiger charge is -2.24. The minimum Gasteiger partial charge on any atom is -0.250 e. The summed E-state index contributed by atoms with van der Waals surface area (Å²) in [5.74, 6) is 0.598. The number of alkyl halides is 1. The van der Waals surface area contributed by atoms with Gasteiger partial charge in [0.1, 0.15) is 6.04 Å². The molecule has 0 aliphatic rings. The van der Waals surface area contributed by atoms with Crippen molar-refractivity contribution in [2.24, 2.45) is 10.6 Å². The van der Waals surface area contributed by atoms with Crippen LogP contribution >= 0.6 is 11.8 Å². The highest BCUT2D eigenvalue weighted by Gasteiger charge is 2.30. The van der Waals surface area contributed by atoms with E-state index in [9.17, 15) is 9.30 Å². The zero-order valence-corrected chi connectivity index (χ0v) is 7.95. The van der Waals surface area contributed by atoms with Crippen molar-refractivity contribution in [3.05, 3.63) is 4.91 Å². The molecule has 0 saturated carbocycles. The fourth-order valence-corrected chi connectivity index (χ4v) is 1.47. The first-order chi connectivity index (χ1) is 5.08. The van der Waals surface area contributed by atoms with E-state index in [1.807, 2.05) is 6.26 Å². The van der Waals surface area contributed by atoms with Crippen molar-refractivity contribution in [1.29, 1.82) is 0 Å². The van der Waals surface area contributed by atoms with Gasteiger partial charge in [-0.25, -0.2) is 0 Å². The lowest BCUT2D eigenvalue weighted by atomic mass is 9.88. The van der Waals surface area contributed by atoms with E-state index in [1.54, 1.807) is 13.8 Å². The summed E-state index contributed by atoms with van der Waals surface area (Å²) in [6, 6.07) is -0.414. The molecule has 0 aliphatic carbocycles. The standard InChI is InChI=1S/C7H14FNOS/c1-7(2,5-8)6(9-10)4-11-3/h6H,4-5H2,1-3H3. The minimum atomic E-state index is -0.606. The van der Waals surface area contributed by atoms with Gasteiger partial charge in [-0.15, -0.1) is 0 Å². The van der Waals surface area contributed by atoms with Crippen molar-refractivity contribution in [1.82, 2.24) is 0 Å². The summed E-state index contributed by atoms with van der Waals surface area (Å²) in [6.07, 6.45) is 1.88. The molecule has 0 rings (SSSR count). The van der Waals surface area contributed by atoms with Crippen LogP contribution in [0.5, 0.6) is 0 Å². The third kappa shape index (κ3) is 3.18. The van der Waals surface area contributed by atoms with Gasteiger partial charge in [0.05, 0.1) is 6.67 Å². The van der Waals surface area contributed by atoms with Crippen LogP contribution < -0.4 is 0 Å². The van der Waals surface area contributed by atoms with Gasteiger partial charge in [0, 0.05) is 11.2 Å². The monoisotopic (exact) mass is 179 g/mol. The fraction of sp³-hybridized carbons (Fsp3) is 1.00. The summed E-state index contributed by atoms with van der Waals surface area (Å²) in [7, 11) is 0. The normalized spacial score (nSPS) is 14.5. The predicted octanol–water partition coefficient (Wildman–Crippen LogP) is 2.48. The number of hydrogen-bond acceptors (Lipinski definition) is 3. The van der Waals surface area contributed by atoms with Crippen molar-refractivity contribution < 1.29 is 4.39 Å². The Balaban J connectivity index is 4.10. The maximum Gasteiger partial charge on any atom is 0.108 e. The Morgan fingerprint density at radius 3 is 2.45 bits per heavy atom. The largest absolute Gasteiger partial charge is 0.250 e. The van der Waals surface area contributed by atoms with Crippen molar-refractivity contribution in [3.8, 4) is 0 Å². The molecule has 1 atom stereocenters. The Labute approximate surface area is 70.9 Å². The molecular weight excluding hydrogens is 165 g/mol. The van der Waals surface area contributed by atoms with Gasteiger partial charge >= 0.3 is 0 Å². The molecule has 11 heavy (non-hydrogen) atoms. The summed E-state index contributed by atoms with van der Waals surface area (Å²) in [5.41, 5.74) is -0.606. The maximum atomic E-state index is 12.3. The molecule has 0 amide bonds. The smallest absolute Gasteiger partial charge is 0.108 e. The molecule has 0 aromatic carbocycles. The number of nitrogens with zero attached hydrogens (tertiary/aromatic N) is 1. The van der Waals surface area contributed by atoms with Crippen molar-refractivity contribution in [2.75, 3.05) is 18.7 Å². The van der Waals surface area contributed by atoms with E-state index in [2.05, 4.69) is 5.18 Å². The molecule has 0 aromatic rings. The van der Waals surface area contributed by atoms with Crippen LogP contribution in [0.2, 0.25) is 0 Å². The highest BCUT2D eigenvalue weighted by molar-refractivity contribution is 7.98. The van der Waals surface area contributed by atoms with E-state index < -0.39 is 18.1 Å². The molecule has 1 unspecified atom stereocenters. The molecule has 0 saturated heterocycles. The van der Waals surface area contributed by atoms with Gasteiger partial charge in [-0.2, -0.15) is 16.7 Å². The van der Waals surface area contributed by atoms with Gasteiger partial charge in [0.15, 0.2) is 0 Å². The first kappa shape index (κ1) is 10.9. The second-order valence-electron chi connectivity index (χ2n) is 3.20. The van der Waals surface area contributed by atoms with Gasteiger partial charge in [-0.05, 0) is 6.26 Å². The first-order valence-electron chi connectivity index (χ1n) is 3.46. The molecule has 0 heterocycles. The molecule has 0 fully saturated rings. The van der Waals surface area contributed by atoms with Gasteiger partial charge < -0.3 is 0 Å². The SMILES string of the molecule is CSCC(N=O)C(C)(C)CF. The Morgan fingerprint density at radius 1 is 1.64 bits per heavy atom. The lowest BCUT2D eigenvalue weighted by molar-refractivity contribution is 0.222. The summed E-state index contributed by atoms with van der Waals surface area (Å²) < 4.78 is 12.3. The van der Waals surface area contributed by atoms with Crippen LogP contribution in [0.25, 0.3) is 0 Å². The van der Waals surface area contributed by atoms with E-state index in [0.717, 1.165) is 0 Å². The highest BCUT2D eigenvalue weighted by atomic mass is 32.2. The molecule has 0 aromatic heterocycles. The van der Waals surface area contributed by atoms with E-state index in [-0.39, 0.29) is 0 Å². The lowest BCUT2D eigenvalue weighted by Crippen LogP contribution is -2.31. The highest BCUT2D eigenvalue weighted by Crippen LogP contribution is 2.25. The van der Waals surface area contributed by atoms with Crippen LogP contribution in [0, 0.1) is 10.3 Å². The quantitative estimate of drug-likeness (QED) is 0.607. The van der Waals surface area contributed by atoms with E-state index >= 15 is 0 Å². The Hall–Kier alpha value is -0.120. The van der Waals surface area contributed by atoms with Crippen LogP contribution in [0.1, 0.15) is 13.8 Å². The van der Waals surface area contributed by atoms with Crippen LogP contribution in [0.3, 0.4) is 0 Å². The van der Waals surface area contributed by atoms with Crippen LogP contribution in [-0.4, -0.2) is 24.7 Å². The topological polar surface area (TPSA) is 29.4 Å². The van der Waals surface area contributed by atoms with Gasteiger partial charge in [-0.3, -0.25) is 4.39 Å². The number of hydrogen-bond donors (Lipinski definition) is 0. The van der Waals surface area contributed by atoms with Gasteiger partial charge in [0.2, 0.25) is 0 Å². The van der Waals surface area contributed by atoms with Crippen LogP contribution in [-0.2, 0) is 0 Å². The Morgan fingerprint density at radius 2 is 2.18 bits per heavy atom. The number of nitroso groups, excluding NO2 is 1. The average molecular weight is 179 g/mol. The summed E-state index contributed by atoms with van der Waals surface area (Å²) in [6.45, 7) is 2.94. The van der Waals surface area contributed by atoms with Crippen molar-refractivity contribution in [3.63, 3.8) is 0 Å². The minimum absolute atomic E-state index is 0.414. The molecule has 0 spiro atoms. The molecule has 2 nitrogen and oxygen atoms in total. The zero-order chi connectivity index (χ0) is 8.91. The molecule has 0 bridgehead atoms. The summed E-state index contributed by atoms with van der Waals surface area (Å²) in [4.78, 5) is 10.3. The molecular formula is C7H14FNOS. The maximum absolute atomic E-state index is 12.3. The van der Waals surface area contributed by atoms with Crippen LogP contribution in [0.4, 0.5) is 4.39 Å². The fourth-order valence-electron chi connectivity index (χ4n) is 0.646. The molecule has 0 radical (unpaired) electrons.